The van der Waals surface area contributed by atoms with E-state index >= 15 is 0 Å². The van der Waals surface area contributed by atoms with Crippen LogP contribution in [0.4, 0.5) is 0 Å². The second-order valence-corrected chi connectivity index (χ2v) is 6.07. The molecule has 3 N–H and O–H groups in total. The lowest BCUT2D eigenvalue weighted by Gasteiger charge is -2.23. The van der Waals surface area contributed by atoms with Crippen molar-refractivity contribution < 1.29 is 28.7 Å². The first-order chi connectivity index (χ1) is 11.4. The Hall–Kier alpha value is -1.81. The lowest BCUT2D eigenvalue weighted by atomic mass is 10.1. The zero-order valence-electron chi connectivity index (χ0n) is 13.8. The number of hydrogen-bond acceptors (Lipinski definition) is 8. The van der Waals surface area contributed by atoms with E-state index in [0.717, 1.165) is 0 Å². The van der Waals surface area contributed by atoms with E-state index in [0.29, 0.717) is 11.6 Å². The highest BCUT2D eigenvalue weighted by molar-refractivity contribution is 7.99. The van der Waals surface area contributed by atoms with E-state index in [4.69, 9.17) is 10.5 Å². The molecule has 10 heteroatoms. The van der Waals surface area contributed by atoms with Gasteiger partial charge in [-0.15, -0.1) is 11.8 Å². The molecule has 0 bridgehead atoms. The third-order valence-electron chi connectivity index (χ3n) is 3.39. The summed E-state index contributed by atoms with van der Waals surface area (Å²) in [5.41, 5.74) is 5.60. The minimum atomic E-state index is -0.870. The van der Waals surface area contributed by atoms with Crippen molar-refractivity contribution in [2.24, 2.45) is 5.73 Å². The molecule has 1 aliphatic heterocycles. The molecule has 0 saturated carbocycles. The van der Waals surface area contributed by atoms with Crippen LogP contribution in [-0.2, 0) is 28.7 Å². The Morgan fingerprint density at radius 2 is 2.08 bits per heavy atom. The van der Waals surface area contributed by atoms with Crippen LogP contribution >= 0.6 is 11.8 Å². The highest BCUT2D eigenvalue weighted by Gasteiger charge is 2.34. The standard InChI is InChI=1S/C14H23N3O6S/c1-3-23-12(19)6-16-13(20)10-7-24-8-17(10)11(18)5-4-9(15)14(21)22-2/h9-10H,3-8,15H2,1-2H3,(H,16,20). The van der Waals surface area contributed by atoms with E-state index in [9.17, 15) is 19.2 Å². The van der Waals surface area contributed by atoms with Crippen LogP contribution in [0, 0.1) is 0 Å². The van der Waals surface area contributed by atoms with Crippen LogP contribution in [0.5, 0.6) is 0 Å². The molecule has 2 atom stereocenters. The molecule has 1 aliphatic rings. The van der Waals surface area contributed by atoms with Gasteiger partial charge in [-0.25, -0.2) is 0 Å². The van der Waals surface area contributed by atoms with Crippen molar-refractivity contribution in [3.63, 3.8) is 0 Å². The van der Waals surface area contributed by atoms with E-state index < -0.39 is 29.9 Å². The van der Waals surface area contributed by atoms with Crippen molar-refractivity contribution in [2.75, 3.05) is 31.9 Å². The molecule has 0 spiro atoms. The third-order valence-corrected chi connectivity index (χ3v) is 4.40. The number of amides is 2. The van der Waals surface area contributed by atoms with E-state index in [2.05, 4.69) is 10.1 Å². The molecule has 0 aromatic heterocycles. The third kappa shape index (κ3) is 6.00. The number of hydrogen-bond donors (Lipinski definition) is 2. The van der Waals surface area contributed by atoms with Crippen molar-refractivity contribution in [3.8, 4) is 0 Å². The Morgan fingerprint density at radius 3 is 2.71 bits per heavy atom. The summed E-state index contributed by atoms with van der Waals surface area (Å²) in [4.78, 5) is 48.3. The van der Waals surface area contributed by atoms with Gasteiger partial charge in [0.1, 0.15) is 18.6 Å². The topological polar surface area (TPSA) is 128 Å². The van der Waals surface area contributed by atoms with E-state index in [1.807, 2.05) is 0 Å². The highest BCUT2D eigenvalue weighted by Crippen LogP contribution is 2.22. The van der Waals surface area contributed by atoms with Crippen LogP contribution in [-0.4, -0.2) is 72.6 Å². The largest absolute Gasteiger partial charge is 0.468 e. The quantitative estimate of drug-likeness (QED) is 0.519. The molecule has 0 aromatic rings. The van der Waals surface area contributed by atoms with Crippen LogP contribution in [0.2, 0.25) is 0 Å². The molecule has 2 unspecified atom stereocenters. The first kappa shape index (κ1) is 20.2. The van der Waals surface area contributed by atoms with Gasteiger partial charge in [-0.05, 0) is 13.3 Å². The fourth-order valence-corrected chi connectivity index (χ4v) is 3.27. The Balaban J connectivity index is 2.48. The summed E-state index contributed by atoms with van der Waals surface area (Å²) < 4.78 is 9.23. The minimum Gasteiger partial charge on any atom is -0.468 e. The Kier molecular flexibility index (Phi) is 8.55. The summed E-state index contributed by atoms with van der Waals surface area (Å²) in [5, 5.41) is 2.47. The number of methoxy groups -OCH3 is 1. The van der Waals surface area contributed by atoms with Gasteiger partial charge in [0.25, 0.3) is 0 Å². The molecule has 1 fully saturated rings. The maximum atomic E-state index is 12.2. The van der Waals surface area contributed by atoms with Gasteiger partial charge in [0.2, 0.25) is 11.8 Å². The number of esters is 2. The first-order valence-corrected chi connectivity index (χ1v) is 8.70. The molecule has 0 aromatic carbocycles. The van der Waals surface area contributed by atoms with Gasteiger partial charge in [-0.1, -0.05) is 0 Å². The number of thioether (sulfide) groups is 1. The van der Waals surface area contributed by atoms with Gasteiger partial charge in [-0.2, -0.15) is 0 Å². The molecule has 9 nitrogen and oxygen atoms in total. The number of nitrogens with one attached hydrogen (secondary N) is 1. The van der Waals surface area contributed by atoms with Crippen molar-refractivity contribution in [2.45, 2.75) is 31.8 Å². The molecule has 24 heavy (non-hydrogen) atoms. The van der Waals surface area contributed by atoms with Crippen LogP contribution < -0.4 is 11.1 Å². The smallest absolute Gasteiger partial charge is 0.325 e. The fourth-order valence-electron chi connectivity index (χ4n) is 2.09. The summed E-state index contributed by atoms with van der Waals surface area (Å²) in [5.74, 6) is -0.956. The fraction of sp³-hybridized carbons (Fsp3) is 0.714. The molecular weight excluding hydrogens is 338 g/mol. The normalized spacial score (nSPS) is 18.0. The number of ether oxygens (including phenoxy) is 2. The van der Waals surface area contributed by atoms with E-state index in [1.54, 1.807) is 6.92 Å². The van der Waals surface area contributed by atoms with Gasteiger partial charge >= 0.3 is 11.9 Å². The number of nitrogens with two attached hydrogens (primary N) is 1. The van der Waals surface area contributed by atoms with Crippen LogP contribution in [0.25, 0.3) is 0 Å². The van der Waals surface area contributed by atoms with Crippen molar-refractivity contribution in [1.29, 1.82) is 0 Å². The molecule has 1 rings (SSSR count). The Morgan fingerprint density at radius 1 is 1.38 bits per heavy atom. The van der Waals surface area contributed by atoms with Crippen molar-refractivity contribution >= 4 is 35.5 Å². The Bertz CT molecular complexity index is 487. The number of carbonyl (C=O) groups excluding carboxylic acids is 4. The minimum absolute atomic E-state index is 0.0402. The van der Waals surface area contributed by atoms with Gasteiger partial charge in [-0.3, -0.25) is 19.2 Å². The number of nitrogens with zero attached hydrogens (tertiary/aromatic N) is 1. The summed E-state index contributed by atoms with van der Waals surface area (Å²) in [6.45, 7) is 1.68. The van der Waals surface area contributed by atoms with Crippen LogP contribution in [0.1, 0.15) is 19.8 Å². The van der Waals surface area contributed by atoms with Gasteiger partial charge < -0.3 is 25.4 Å². The van der Waals surface area contributed by atoms with E-state index in [1.165, 1.54) is 23.8 Å². The van der Waals surface area contributed by atoms with E-state index in [-0.39, 0.29) is 31.9 Å². The molecule has 1 saturated heterocycles. The second-order valence-electron chi connectivity index (χ2n) is 5.07. The highest BCUT2D eigenvalue weighted by atomic mass is 32.2. The van der Waals surface area contributed by atoms with Gasteiger partial charge in [0.15, 0.2) is 0 Å². The average molecular weight is 361 g/mol. The molecule has 2 amide bonds. The average Bonchev–Trinajstić information content (AvgIpc) is 3.06. The lowest BCUT2D eigenvalue weighted by Crippen LogP contribution is -2.48. The number of carbonyl (C=O) groups is 4. The van der Waals surface area contributed by atoms with Crippen molar-refractivity contribution in [3.05, 3.63) is 0 Å². The van der Waals surface area contributed by atoms with Gasteiger partial charge in [0.05, 0.1) is 19.6 Å². The van der Waals surface area contributed by atoms with Crippen LogP contribution in [0.15, 0.2) is 0 Å². The summed E-state index contributed by atoms with van der Waals surface area (Å²) in [6.07, 6.45) is 0.183. The molecule has 0 aliphatic carbocycles. The monoisotopic (exact) mass is 361 g/mol. The summed E-state index contributed by atoms with van der Waals surface area (Å²) >= 11 is 1.44. The van der Waals surface area contributed by atoms with Crippen molar-refractivity contribution in [1.82, 2.24) is 10.2 Å². The molecule has 1 heterocycles. The lowest BCUT2D eigenvalue weighted by molar-refractivity contribution is -0.144. The SMILES string of the molecule is CCOC(=O)CNC(=O)C1CSCN1C(=O)CCC(N)C(=O)OC. The van der Waals surface area contributed by atoms with Crippen LogP contribution in [0.3, 0.4) is 0 Å². The number of rotatable bonds is 8. The predicted molar refractivity (Wildman–Crippen MR) is 86.8 cm³/mol. The van der Waals surface area contributed by atoms with Gasteiger partial charge in [0, 0.05) is 12.2 Å². The summed E-state index contributed by atoms with van der Waals surface area (Å²) in [6, 6.07) is -1.52. The molecular formula is C14H23N3O6S. The second kappa shape index (κ2) is 10.1. The molecule has 0 radical (unpaired) electrons. The zero-order valence-corrected chi connectivity index (χ0v) is 14.6. The maximum Gasteiger partial charge on any atom is 0.325 e. The first-order valence-electron chi connectivity index (χ1n) is 7.54. The summed E-state index contributed by atoms with van der Waals surface area (Å²) in [7, 11) is 1.23. The maximum absolute atomic E-state index is 12.2. The predicted octanol–water partition coefficient (Wildman–Crippen LogP) is -1.15. The molecule has 136 valence electrons. The Labute approximate surface area is 144 Å². The zero-order chi connectivity index (χ0) is 18.1.